The van der Waals surface area contributed by atoms with Crippen LogP contribution in [0.2, 0.25) is 0 Å². The molecule has 0 spiro atoms. The Hall–Kier alpha value is -3.11. The van der Waals surface area contributed by atoms with E-state index in [1.165, 1.54) is 22.3 Å². The molecule has 1 saturated heterocycles. The first-order chi connectivity index (χ1) is 15.3. The topological polar surface area (TPSA) is 32.8 Å². The van der Waals surface area contributed by atoms with Gasteiger partial charge in [0.2, 0.25) is 0 Å². The third-order valence-electron chi connectivity index (χ3n) is 6.33. The zero-order valence-corrected chi connectivity index (χ0v) is 18.0. The van der Waals surface area contributed by atoms with E-state index in [2.05, 4.69) is 54.3 Å². The van der Waals surface area contributed by atoms with Crippen LogP contribution < -0.4 is 4.74 Å². The summed E-state index contributed by atoms with van der Waals surface area (Å²) in [6.07, 6.45) is 1.00. The van der Waals surface area contributed by atoms with Gasteiger partial charge in [-0.25, -0.2) is 0 Å². The van der Waals surface area contributed by atoms with Crippen molar-refractivity contribution in [3.63, 3.8) is 0 Å². The maximum Gasteiger partial charge on any atom is 0.253 e. The first kappa shape index (κ1) is 19.8. The lowest BCUT2D eigenvalue weighted by Gasteiger charge is -2.38. The van der Waals surface area contributed by atoms with Crippen LogP contribution in [0.15, 0.2) is 72.8 Å². The number of nitrogens with zero attached hydrogens (tertiary/aromatic N) is 2. The van der Waals surface area contributed by atoms with Gasteiger partial charge in [0.1, 0.15) is 5.75 Å². The third-order valence-corrected chi connectivity index (χ3v) is 6.33. The molecule has 1 aliphatic carbocycles. The Morgan fingerprint density at radius 2 is 1.58 bits per heavy atom. The molecule has 5 rings (SSSR count). The largest absolute Gasteiger partial charge is 0.494 e. The van der Waals surface area contributed by atoms with Gasteiger partial charge in [-0.2, -0.15) is 0 Å². The lowest BCUT2D eigenvalue weighted by molar-refractivity contribution is 0.0600. The molecule has 0 N–H and O–H groups in total. The molecule has 3 aromatic carbocycles. The molecule has 3 aromatic rings. The summed E-state index contributed by atoms with van der Waals surface area (Å²) in [4.78, 5) is 17.3. The molecule has 0 aromatic heterocycles. The summed E-state index contributed by atoms with van der Waals surface area (Å²) in [5.41, 5.74) is 6.04. The SMILES string of the molecule is CCCOc1ccc2c(c1)-c1ccccc1C2N1CCN(C(=O)c2ccccc2)CC1. The molecule has 1 atom stereocenters. The second-order valence-electron chi connectivity index (χ2n) is 8.28. The van der Waals surface area contributed by atoms with Crippen molar-refractivity contribution in [1.82, 2.24) is 9.80 Å². The van der Waals surface area contributed by atoms with E-state index in [-0.39, 0.29) is 11.9 Å². The number of carbonyl (C=O) groups is 1. The minimum atomic E-state index is 0.130. The smallest absolute Gasteiger partial charge is 0.253 e. The van der Waals surface area contributed by atoms with E-state index < -0.39 is 0 Å². The summed E-state index contributed by atoms with van der Waals surface area (Å²) in [5.74, 6) is 1.07. The molecule has 0 saturated carbocycles. The monoisotopic (exact) mass is 412 g/mol. The van der Waals surface area contributed by atoms with Gasteiger partial charge < -0.3 is 9.64 Å². The number of hydrogen-bond acceptors (Lipinski definition) is 3. The normalized spacial score (nSPS) is 17.8. The average Bonchev–Trinajstić information content (AvgIpc) is 3.17. The Morgan fingerprint density at radius 1 is 0.871 bits per heavy atom. The summed E-state index contributed by atoms with van der Waals surface area (Å²) in [7, 11) is 0. The van der Waals surface area contributed by atoms with Gasteiger partial charge in [0.15, 0.2) is 0 Å². The van der Waals surface area contributed by atoms with Gasteiger partial charge in [-0.05, 0) is 52.9 Å². The van der Waals surface area contributed by atoms with Crippen LogP contribution in [0.3, 0.4) is 0 Å². The lowest BCUT2D eigenvalue weighted by atomic mass is 10.0. The highest BCUT2D eigenvalue weighted by atomic mass is 16.5. The number of rotatable bonds is 5. The Balaban J connectivity index is 1.37. The number of amides is 1. The van der Waals surface area contributed by atoms with Crippen LogP contribution in [0, 0.1) is 0 Å². The summed E-state index contributed by atoms with van der Waals surface area (Å²) >= 11 is 0. The molecular formula is C27H28N2O2. The first-order valence-corrected chi connectivity index (χ1v) is 11.2. The van der Waals surface area contributed by atoms with Crippen LogP contribution >= 0.6 is 0 Å². The molecule has 4 heteroatoms. The van der Waals surface area contributed by atoms with E-state index >= 15 is 0 Å². The fraction of sp³-hybridized carbons (Fsp3) is 0.296. The van der Waals surface area contributed by atoms with E-state index in [0.29, 0.717) is 0 Å². The van der Waals surface area contributed by atoms with E-state index in [0.717, 1.165) is 50.5 Å². The quantitative estimate of drug-likeness (QED) is 0.591. The minimum Gasteiger partial charge on any atom is -0.494 e. The average molecular weight is 413 g/mol. The fourth-order valence-electron chi connectivity index (χ4n) is 4.80. The predicted molar refractivity (Wildman–Crippen MR) is 123 cm³/mol. The molecule has 2 aliphatic rings. The van der Waals surface area contributed by atoms with E-state index in [1.54, 1.807) is 0 Å². The first-order valence-electron chi connectivity index (χ1n) is 11.2. The Bertz CT molecular complexity index is 1070. The van der Waals surface area contributed by atoms with Crippen LogP contribution in [-0.2, 0) is 0 Å². The second kappa shape index (κ2) is 8.56. The zero-order valence-electron chi connectivity index (χ0n) is 18.0. The van der Waals surface area contributed by atoms with E-state index in [9.17, 15) is 4.79 Å². The standard InChI is InChI=1S/C27H28N2O2/c1-2-18-31-21-12-13-24-25(19-21)22-10-6-7-11-23(22)26(24)28-14-16-29(17-15-28)27(30)20-8-4-3-5-9-20/h3-13,19,26H,2,14-18H2,1H3. The summed E-state index contributed by atoms with van der Waals surface area (Å²) in [5, 5.41) is 0. The van der Waals surface area contributed by atoms with Crippen LogP contribution in [0.4, 0.5) is 0 Å². The van der Waals surface area contributed by atoms with Crippen molar-refractivity contribution >= 4 is 5.91 Å². The lowest BCUT2D eigenvalue weighted by Crippen LogP contribution is -2.49. The fourth-order valence-corrected chi connectivity index (χ4v) is 4.80. The van der Waals surface area contributed by atoms with Gasteiger partial charge in [-0.3, -0.25) is 9.69 Å². The molecule has 0 radical (unpaired) electrons. The van der Waals surface area contributed by atoms with E-state index in [1.807, 2.05) is 35.2 Å². The highest BCUT2D eigenvalue weighted by Crippen LogP contribution is 2.47. The molecular weight excluding hydrogens is 384 g/mol. The minimum absolute atomic E-state index is 0.130. The van der Waals surface area contributed by atoms with Gasteiger partial charge >= 0.3 is 0 Å². The van der Waals surface area contributed by atoms with Gasteiger partial charge in [0.25, 0.3) is 5.91 Å². The third kappa shape index (κ3) is 3.72. The van der Waals surface area contributed by atoms with Gasteiger partial charge in [-0.1, -0.05) is 55.5 Å². The molecule has 4 nitrogen and oxygen atoms in total. The molecule has 158 valence electrons. The van der Waals surface area contributed by atoms with Crippen LogP contribution in [-0.4, -0.2) is 48.5 Å². The van der Waals surface area contributed by atoms with Crippen LogP contribution in [0.25, 0.3) is 11.1 Å². The predicted octanol–water partition coefficient (Wildman–Crippen LogP) is 5.00. The maximum absolute atomic E-state index is 12.8. The maximum atomic E-state index is 12.8. The number of hydrogen-bond donors (Lipinski definition) is 0. The Kier molecular flexibility index (Phi) is 5.47. The number of fused-ring (bicyclic) bond motifs is 3. The Morgan fingerprint density at radius 3 is 2.35 bits per heavy atom. The summed E-state index contributed by atoms with van der Waals surface area (Å²) < 4.78 is 5.90. The molecule has 1 fully saturated rings. The molecule has 1 unspecified atom stereocenters. The summed E-state index contributed by atoms with van der Waals surface area (Å²) in [6.45, 7) is 6.09. The molecule has 1 amide bonds. The summed E-state index contributed by atoms with van der Waals surface area (Å²) in [6, 6.07) is 25.1. The van der Waals surface area contributed by atoms with E-state index in [4.69, 9.17) is 4.74 Å². The van der Waals surface area contributed by atoms with Crippen molar-refractivity contribution in [2.24, 2.45) is 0 Å². The van der Waals surface area contributed by atoms with Gasteiger partial charge in [0.05, 0.1) is 12.6 Å². The number of carbonyl (C=O) groups excluding carboxylic acids is 1. The van der Waals surface area contributed by atoms with Crippen molar-refractivity contribution in [2.45, 2.75) is 19.4 Å². The molecule has 31 heavy (non-hydrogen) atoms. The van der Waals surface area contributed by atoms with Gasteiger partial charge in [-0.15, -0.1) is 0 Å². The number of benzene rings is 3. The van der Waals surface area contributed by atoms with Crippen LogP contribution in [0.5, 0.6) is 5.75 Å². The van der Waals surface area contributed by atoms with Crippen molar-refractivity contribution in [1.29, 1.82) is 0 Å². The molecule has 1 heterocycles. The Labute approximate surface area is 184 Å². The highest BCUT2D eigenvalue weighted by Gasteiger charge is 2.35. The number of piperazine rings is 1. The van der Waals surface area contributed by atoms with Gasteiger partial charge in [0, 0.05) is 31.7 Å². The van der Waals surface area contributed by atoms with Crippen molar-refractivity contribution < 1.29 is 9.53 Å². The second-order valence-corrected chi connectivity index (χ2v) is 8.28. The van der Waals surface area contributed by atoms with Crippen molar-refractivity contribution in [3.8, 4) is 16.9 Å². The number of ether oxygens (including phenoxy) is 1. The highest BCUT2D eigenvalue weighted by molar-refractivity contribution is 5.94. The zero-order chi connectivity index (χ0) is 21.2. The molecule has 0 bridgehead atoms. The molecule has 1 aliphatic heterocycles. The van der Waals surface area contributed by atoms with Crippen molar-refractivity contribution in [3.05, 3.63) is 89.5 Å². The van der Waals surface area contributed by atoms with Crippen LogP contribution in [0.1, 0.15) is 40.9 Å². The van der Waals surface area contributed by atoms with Crippen molar-refractivity contribution in [2.75, 3.05) is 32.8 Å².